The molecule has 32 heavy (non-hydrogen) atoms. The van der Waals surface area contributed by atoms with Crippen molar-refractivity contribution in [2.45, 2.75) is 96.8 Å². The summed E-state index contributed by atoms with van der Waals surface area (Å²) in [7, 11) is 0. The van der Waals surface area contributed by atoms with E-state index in [4.69, 9.17) is 4.74 Å². The molecular weight excluding hydrogens is 392 g/mol. The molecule has 1 aromatic carbocycles. The fraction of sp³-hybridized carbons (Fsp3) is 0.586. The second kappa shape index (κ2) is 13.3. The molecule has 3 rings (SSSR count). The highest BCUT2D eigenvalue weighted by Crippen LogP contribution is 2.38. The van der Waals surface area contributed by atoms with Crippen LogP contribution in [0.1, 0.15) is 108 Å². The molecule has 3 heteroatoms. The molecule has 0 bridgehead atoms. The van der Waals surface area contributed by atoms with E-state index in [0.29, 0.717) is 24.0 Å². The van der Waals surface area contributed by atoms with Gasteiger partial charge in [-0.05, 0) is 61.6 Å². The Morgan fingerprint density at radius 3 is 2.28 bits per heavy atom. The summed E-state index contributed by atoms with van der Waals surface area (Å²) in [6.07, 6.45) is 15.5. The van der Waals surface area contributed by atoms with Crippen molar-refractivity contribution in [3.8, 4) is 23.1 Å². The van der Waals surface area contributed by atoms with Gasteiger partial charge in [0.05, 0.1) is 12.3 Å². The number of rotatable bonds is 12. The van der Waals surface area contributed by atoms with Crippen LogP contribution < -0.4 is 4.74 Å². The number of nitriles is 1. The molecule has 0 unspecified atom stereocenters. The smallest absolute Gasteiger partial charge is 0.183 e. The van der Waals surface area contributed by atoms with E-state index in [1.807, 2.05) is 12.1 Å². The first-order valence-electron chi connectivity index (χ1n) is 12.9. The van der Waals surface area contributed by atoms with E-state index in [0.717, 1.165) is 30.0 Å². The van der Waals surface area contributed by atoms with Crippen molar-refractivity contribution < 1.29 is 4.74 Å². The second-order valence-electron chi connectivity index (χ2n) is 9.40. The van der Waals surface area contributed by atoms with E-state index in [2.05, 4.69) is 49.2 Å². The number of ether oxygens (including phenoxy) is 1. The molecule has 0 radical (unpaired) electrons. The molecule has 1 fully saturated rings. The molecule has 0 amide bonds. The fourth-order valence-corrected chi connectivity index (χ4v) is 4.91. The first-order valence-corrected chi connectivity index (χ1v) is 12.9. The third kappa shape index (κ3) is 7.09. The van der Waals surface area contributed by atoms with Crippen LogP contribution in [0.15, 0.2) is 36.4 Å². The lowest BCUT2D eigenvalue weighted by molar-refractivity contribution is 0.303. The first-order chi connectivity index (χ1) is 15.7. The molecule has 0 N–H and O–H groups in total. The minimum atomic E-state index is 0.378. The van der Waals surface area contributed by atoms with Crippen molar-refractivity contribution in [2.75, 3.05) is 6.61 Å². The van der Waals surface area contributed by atoms with Gasteiger partial charge in [0.1, 0.15) is 6.07 Å². The standard InChI is InChI=1S/C29H40N2O/c1-3-5-7-9-21-32-29-20-19-27(31-28(29)22-30)26-17-15-25(16-18-26)24-13-11-23(12-14-24)10-8-6-4-2/h15-20,23-24H,3-14,21H2,1-2H3. The molecule has 0 atom stereocenters. The van der Waals surface area contributed by atoms with Gasteiger partial charge in [-0.15, -0.1) is 0 Å². The summed E-state index contributed by atoms with van der Waals surface area (Å²) in [5, 5.41) is 9.54. The summed E-state index contributed by atoms with van der Waals surface area (Å²) in [6.45, 7) is 5.13. The molecule has 172 valence electrons. The number of pyridine rings is 1. The van der Waals surface area contributed by atoms with E-state index < -0.39 is 0 Å². The molecule has 1 aliphatic carbocycles. The van der Waals surface area contributed by atoms with Crippen LogP contribution in [0.2, 0.25) is 0 Å². The third-order valence-electron chi connectivity index (χ3n) is 6.96. The lowest BCUT2D eigenvalue weighted by Crippen LogP contribution is -2.13. The summed E-state index contributed by atoms with van der Waals surface area (Å²) < 4.78 is 5.82. The molecule has 0 aliphatic heterocycles. The van der Waals surface area contributed by atoms with Crippen molar-refractivity contribution in [2.24, 2.45) is 5.92 Å². The molecule has 1 aromatic heterocycles. The molecule has 0 saturated heterocycles. The van der Waals surface area contributed by atoms with E-state index in [1.165, 1.54) is 69.8 Å². The van der Waals surface area contributed by atoms with Crippen molar-refractivity contribution in [3.63, 3.8) is 0 Å². The van der Waals surface area contributed by atoms with Crippen LogP contribution >= 0.6 is 0 Å². The van der Waals surface area contributed by atoms with Gasteiger partial charge in [0.25, 0.3) is 0 Å². The summed E-state index contributed by atoms with van der Waals surface area (Å²) in [6, 6.07) is 14.9. The normalized spacial score (nSPS) is 18.3. The van der Waals surface area contributed by atoms with Crippen molar-refractivity contribution in [1.29, 1.82) is 5.26 Å². The lowest BCUT2D eigenvalue weighted by atomic mass is 9.77. The summed E-state index contributed by atoms with van der Waals surface area (Å²) >= 11 is 0. The average molecular weight is 433 g/mol. The Kier molecular flexibility index (Phi) is 10.1. The van der Waals surface area contributed by atoms with E-state index in [-0.39, 0.29) is 0 Å². The Hall–Kier alpha value is -2.34. The molecule has 0 spiro atoms. The van der Waals surface area contributed by atoms with Crippen LogP contribution in [0, 0.1) is 17.2 Å². The van der Waals surface area contributed by atoms with Gasteiger partial charge in [-0.3, -0.25) is 0 Å². The van der Waals surface area contributed by atoms with E-state index >= 15 is 0 Å². The van der Waals surface area contributed by atoms with E-state index in [9.17, 15) is 5.26 Å². The van der Waals surface area contributed by atoms with E-state index in [1.54, 1.807) is 0 Å². The van der Waals surface area contributed by atoms with Crippen molar-refractivity contribution in [1.82, 2.24) is 4.98 Å². The quantitative estimate of drug-likeness (QED) is 0.316. The summed E-state index contributed by atoms with van der Waals surface area (Å²) in [4.78, 5) is 4.58. The Labute approximate surface area is 195 Å². The maximum Gasteiger partial charge on any atom is 0.183 e. The monoisotopic (exact) mass is 432 g/mol. The highest BCUT2D eigenvalue weighted by molar-refractivity contribution is 5.61. The molecule has 1 heterocycles. The molecular formula is C29H40N2O. The van der Waals surface area contributed by atoms with Gasteiger partial charge >= 0.3 is 0 Å². The predicted molar refractivity (Wildman–Crippen MR) is 133 cm³/mol. The lowest BCUT2D eigenvalue weighted by Gasteiger charge is -2.29. The van der Waals surface area contributed by atoms with Crippen LogP contribution in [0.3, 0.4) is 0 Å². The van der Waals surface area contributed by atoms with Gasteiger partial charge in [-0.25, -0.2) is 4.98 Å². The van der Waals surface area contributed by atoms with Crippen molar-refractivity contribution >= 4 is 0 Å². The number of hydrogen-bond acceptors (Lipinski definition) is 3. The SMILES string of the molecule is CCCCCCOc1ccc(-c2ccc(C3CCC(CCCCC)CC3)cc2)nc1C#N. The second-order valence-corrected chi connectivity index (χ2v) is 9.40. The van der Waals surface area contributed by atoms with Gasteiger partial charge in [0, 0.05) is 5.56 Å². The maximum absolute atomic E-state index is 9.54. The van der Waals surface area contributed by atoms with Crippen LogP contribution in [-0.4, -0.2) is 11.6 Å². The first kappa shape index (κ1) is 24.3. The highest BCUT2D eigenvalue weighted by Gasteiger charge is 2.22. The molecule has 2 aromatic rings. The number of unbranched alkanes of at least 4 members (excludes halogenated alkanes) is 5. The van der Waals surface area contributed by atoms with Gasteiger partial charge < -0.3 is 4.74 Å². The van der Waals surface area contributed by atoms with Crippen LogP contribution in [-0.2, 0) is 0 Å². The molecule has 1 saturated carbocycles. The minimum absolute atomic E-state index is 0.378. The largest absolute Gasteiger partial charge is 0.491 e. The zero-order chi connectivity index (χ0) is 22.6. The summed E-state index contributed by atoms with van der Waals surface area (Å²) in [5.41, 5.74) is 3.73. The van der Waals surface area contributed by atoms with Gasteiger partial charge in [-0.1, -0.05) is 83.1 Å². The maximum atomic E-state index is 9.54. The Morgan fingerprint density at radius 2 is 1.59 bits per heavy atom. The number of aromatic nitrogens is 1. The van der Waals surface area contributed by atoms with Gasteiger partial charge in [0.2, 0.25) is 0 Å². The zero-order valence-electron chi connectivity index (χ0n) is 20.1. The Bertz CT molecular complexity index is 844. The zero-order valence-corrected chi connectivity index (χ0v) is 20.1. The highest BCUT2D eigenvalue weighted by atomic mass is 16.5. The van der Waals surface area contributed by atoms with Gasteiger partial charge in [-0.2, -0.15) is 5.26 Å². The molecule has 1 aliphatic rings. The third-order valence-corrected chi connectivity index (χ3v) is 6.96. The molecule has 3 nitrogen and oxygen atoms in total. The van der Waals surface area contributed by atoms with Gasteiger partial charge in [0.15, 0.2) is 11.4 Å². The average Bonchev–Trinajstić information content (AvgIpc) is 2.85. The number of nitrogens with zero attached hydrogens (tertiary/aromatic N) is 2. The minimum Gasteiger partial charge on any atom is -0.491 e. The number of hydrogen-bond donors (Lipinski definition) is 0. The fourth-order valence-electron chi connectivity index (χ4n) is 4.91. The summed E-state index contributed by atoms with van der Waals surface area (Å²) in [5.74, 6) is 2.23. The Morgan fingerprint density at radius 1 is 0.875 bits per heavy atom. The van der Waals surface area contributed by atoms with Crippen LogP contribution in [0.5, 0.6) is 5.75 Å². The van der Waals surface area contributed by atoms with Crippen LogP contribution in [0.4, 0.5) is 0 Å². The van der Waals surface area contributed by atoms with Crippen LogP contribution in [0.25, 0.3) is 11.3 Å². The Balaban J connectivity index is 1.56. The number of benzene rings is 1. The van der Waals surface area contributed by atoms with Crippen molar-refractivity contribution in [3.05, 3.63) is 47.7 Å². The predicted octanol–water partition coefficient (Wildman–Crippen LogP) is 8.43. The topological polar surface area (TPSA) is 45.9 Å².